The third-order valence-electron chi connectivity index (χ3n) is 2.65. The molecule has 4 heteroatoms. The van der Waals surface area contributed by atoms with Gasteiger partial charge in [0.25, 0.3) is 0 Å². The van der Waals surface area contributed by atoms with Crippen molar-refractivity contribution in [1.82, 2.24) is 0 Å². The maximum Gasteiger partial charge on any atom is 0.193 e. The predicted octanol–water partition coefficient (Wildman–Crippen LogP) is 5.50. The van der Waals surface area contributed by atoms with Crippen LogP contribution in [0.1, 0.15) is 15.9 Å². The first-order valence-corrected chi connectivity index (χ1v) is 11.9. The average molecular weight is 321 g/mol. The summed E-state index contributed by atoms with van der Waals surface area (Å²) in [6.45, 7) is 6.93. The summed E-state index contributed by atoms with van der Waals surface area (Å²) in [5.74, 6) is 0.0335. The number of hydrogen-bond donors (Lipinski definition) is 0. The molecule has 0 bridgehead atoms. The number of hydrogen-bond acceptors (Lipinski definition) is 2. The third-order valence-corrected chi connectivity index (χ3v) is 6.56. The Kier molecular flexibility index (Phi) is 4.73. The fraction of sp³-hybridized carbons (Fsp3) is 0.188. The zero-order valence-corrected chi connectivity index (χ0v) is 14.4. The van der Waals surface area contributed by atoms with E-state index in [1.807, 2.05) is 35.5 Å². The lowest BCUT2D eigenvalue weighted by Crippen LogP contribution is -2.13. The Hall–Kier alpha value is -1.03. The highest BCUT2D eigenvalue weighted by atomic mass is 35.5. The molecule has 0 radical (unpaired) electrons. The number of carbonyl (C=O) groups is 1. The van der Waals surface area contributed by atoms with Gasteiger partial charge in [0.05, 0.1) is 0 Å². The van der Waals surface area contributed by atoms with Crippen LogP contribution in [-0.4, -0.2) is 13.0 Å². The van der Waals surface area contributed by atoms with Gasteiger partial charge >= 0.3 is 0 Å². The van der Waals surface area contributed by atoms with Crippen LogP contribution in [-0.2, 0) is 0 Å². The molecule has 0 saturated heterocycles. The Morgan fingerprint density at radius 1 is 0.900 bits per heavy atom. The fourth-order valence-electron chi connectivity index (χ4n) is 1.80. The van der Waals surface area contributed by atoms with Gasteiger partial charge in [0.2, 0.25) is 0 Å². The lowest BCUT2D eigenvalue weighted by Gasteiger charge is -2.15. The minimum absolute atomic E-state index is 0.0335. The Morgan fingerprint density at radius 2 is 1.35 bits per heavy atom. The van der Waals surface area contributed by atoms with Crippen molar-refractivity contribution in [3.8, 4) is 0 Å². The first kappa shape index (κ1) is 15.4. The fourth-order valence-corrected chi connectivity index (χ4v) is 5.43. The van der Waals surface area contributed by atoms with Gasteiger partial charge in [-0.1, -0.05) is 31.2 Å². The van der Waals surface area contributed by atoms with Crippen molar-refractivity contribution in [2.24, 2.45) is 0 Å². The standard InChI is InChI=1S/C16H17ClOSSi/c1-20(2,3)19-15-10-6-13(7-11-15)16(18)12-4-8-14(17)9-5-12/h4-11H,1-3H3. The van der Waals surface area contributed by atoms with E-state index in [2.05, 4.69) is 19.6 Å². The molecule has 0 saturated carbocycles. The van der Waals surface area contributed by atoms with E-state index < -0.39 is 7.22 Å². The van der Waals surface area contributed by atoms with Crippen LogP contribution in [0.5, 0.6) is 0 Å². The molecule has 0 spiro atoms. The van der Waals surface area contributed by atoms with Crippen molar-refractivity contribution in [3.63, 3.8) is 0 Å². The average Bonchev–Trinajstić information content (AvgIpc) is 2.38. The predicted molar refractivity (Wildman–Crippen MR) is 90.5 cm³/mol. The number of benzene rings is 2. The SMILES string of the molecule is C[Si](C)(C)Sc1ccc(C(=O)c2ccc(Cl)cc2)cc1. The molecule has 20 heavy (non-hydrogen) atoms. The lowest BCUT2D eigenvalue weighted by molar-refractivity contribution is 0.103. The topological polar surface area (TPSA) is 17.1 Å². The molecule has 0 aliphatic rings. The van der Waals surface area contributed by atoms with Gasteiger partial charge in [-0.2, -0.15) is 11.2 Å². The summed E-state index contributed by atoms with van der Waals surface area (Å²) in [6, 6.07) is 14.9. The highest BCUT2D eigenvalue weighted by molar-refractivity contribution is 8.28. The quantitative estimate of drug-likeness (QED) is 0.546. The molecule has 0 aliphatic carbocycles. The summed E-state index contributed by atoms with van der Waals surface area (Å²) >= 11 is 7.76. The van der Waals surface area contributed by atoms with E-state index in [-0.39, 0.29) is 5.78 Å². The van der Waals surface area contributed by atoms with E-state index in [0.717, 1.165) is 0 Å². The van der Waals surface area contributed by atoms with Crippen LogP contribution >= 0.6 is 22.8 Å². The van der Waals surface area contributed by atoms with Gasteiger partial charge in [-0.15, -0.1) is 0 Å². The Balaban J connectivity index is 2.17. The Bertz CT molecular complexity index is 600. The van der Waals surface area contributed by atoms with E-state index in [0.29, 0.717) is 16.1 Å². The minimum Gasteiger partial charge on any atom is -0.289 e. The maximum absolute atomic E-state index is 12.3. The van der Waals surface area contributed by atoms with Crippen molar-refractivity contribution >= 4 is 35.8 Å². The van der Waals surface area contributed by atoms with Gasteiger partial charge in [-0.25, -0.2) is 0 Å². The van der Waals surface area contributed by atoms with E-state index in [9.17, 15) is 4.79 Å². The number of halogens is 1. The maximum atomic E-state index is 12.3. The van der Waals surface area contributed by atoms with Crippen LogP contribution in [0.3, 0.4) is 0 Å². The number of ketones is 1. The molecule has 2 rings (SSSR count). The molecule has 1 nitrogen and oxygen atoms in total. The van der Waals surface area contributed by atoms with Crippen LogP contribution in [0.25, 0.3) is 0 Å². The second-order valence-corrected chi connectivity index (χ2v) is 15.2. The summed E-state index contributed by atoms with van der Waals surface area (Å²) in [5, 5.41) is 0.642. The van der Waals surface area contributed by atoms with Crippen LogP contribution in [0.2, 0.25) is 24.7 Å². The van der Waals surface area contributed by atoms with E-state index in [4.69, 9.17) is 11.6 Å². The molecule has 0 atom stereocenters. The van der Waals surface area contributed by atoms with Crippen molar-refractivity contribution in [1.29, 1.82) is 0 Å². The van der Waals surface area contributed by atoms with Crippen molar-refractivity contribution < 1.29 is 4.79 Å². The van der Waals surface area contributed by atoms with Crippen LogP contribution in [0, 0.1) is 0 Å². The first-order chi connectivity index (χ1) is 9.35. The summed E-state index contributed by atoms with van der Waals surface area (Å²) in [7, 11) is -1.20. The second kappa shape index (κ2) is 6.16. The van der Waals surface area contributed by atoms with E-state index in [1.165, 1.54) is 4.90 Å². The van der Waals surface area contributed by atoms with Gasteiger partial charge in [-0.05, 0) is 48.5 Å². The van der Waals surface area contributed by atoms with E-state index in [1.54, 1.807) is 24.3 Å². The second-order valence-electron chi connectivity index (χ2n) is 5.57. The van der Waals surface area contributed by atoms with Crippen molar-refractivity contribution in [2.75, 3.05) is 0 Å². The molecular weight excluding hydrogens is 304 g/mol. The normalized spacial score (nSPS) is 11.4. The molecule has 0 amide bonds. The molecule has 0 fully saturated rings. The van der Waals surface area contributed by atoms with E-state index >= 15 is 0 Å². The monoisotopic (exact) mass is 320 g/mol. The molecule has 0 heterocycles. The number of rotatable bonds is 4. The van der Waals surface area contributed by atoms with Gasteiger partial charge < -0.3 is 0 Å². The highest BCUT2D eigenvalue weighted by Crippen LogP contribution is 2.29. The van der Waals surface area contributed by atoms with Crippen LogP contribution in [0.4, 0.5) is 0 Å². The first-order valence-electron chi connectivity index (χ1n) is 6.44. The summed E-state index contributed by atoms with van der Waals surface area (Å²) in [6.07, 6.45) is 0. The lowest BCUT2D eigenvalue weighted by atomic mass is 10.0. The molecule has 0 unspecified atom stereocenters. The smallest absolute Gasteiger partial charge is 0.193 e. The largest absolute Gasteiger partial charge is 0.289 e. The highest BCUT2D eigenvalue weighted by Gasteiger charge is 2.15. The third kappa shape index (κ3) is 4.23. The van der Waals surface area contributed by atoms with Crippen molar-refractivity contribution in [3.05, 3.63) is 64.7 Å². The van der Waals surface area contributed by atoms with Crippen molar-refractivity contribution in [2.45, 2.75) is 24.5 Å². The Labute approximate surface area is 130 Å². The number of carbonyl (C=O) groups excluding carboxylic acids is 1. The zero-order valence-electron chi connectivity index (χ0n) is 11.8. The zero-order chi connectivity index (χ0) is 14.8. The molecule has 2 aromatic rings. The van der Waals surface area contributed by atoms with Crippen LogP contribution in [0.15, 0.2) is 53.4 Å². The van der Waals surface area contributed by atoms with Gasteiger partial charge in [-0.3, -0.25) is 4.79 Å². The van der Waals surface area contributed by atoms with Gasteiger partial charge in [0.15, 0.2) is 5.78 Å². The molecule has 0 aliphatic heterocycles. The summed E-state index contributed by atoms with van der Waals surface area (Å²) in [5.41, 5.74) is 1.38. The summed E-state index contributed by atoms with van der Waals surface area (Å²) < 4.78 is 0. The van der Waals surface area contributed by atoms with Crippen LogP contribution < -0.4 is 0 Å². The van der Waals surface area contributed by atoms with Gasteiger partial charge in [0, 0.05) is 21.0 Å². The Morgan fingerprint density at radius 3 is 1.80 bits per heavy atom. The minimum atomic E-state index is -1.20. The molecular formula is C16H17ClOSSi. The molecule has 0 N–H and O–H groups in total. The van der Waals surface area contributed by atoms with Gasteiger partial charge in [0.1, 0.15) is 7.22 Å². The summed E-state index contributed by atoms with van der Waals surface area (Å²) in [4.78, 5) is 13.5. The molecule has 2 aromatic carbocycles. The molecule has 104 valence electrons. The molecule has 0 aromatic heterocycles.